The lowest BCUT2D eigenvalue weighted by Crippen LogP contribution is -2.33. The Bertz CT molecular complexity index is 352. The Morgan fingerprint density at radius 2 is 2.33 bits per heavy atom. The first-order valence-corrected chi connectivity index (χ1v) is 5.47. The summed E-state index contributed by atoms with van der Waals surface area (Å²) in [6.07, 6.45) is 3.87. The van der Waals surface area contributed by atoms with Gasteiger partial charge in [0.15, 0.2) is 6.20 Å². The van der Waals surface area contributed by atoms with E-state index in [2.05, 4.69) is 12.2 Å². The van der Waals surface area contributed by atoms with Crippen LogP contribution in [0.1, 0.15) is 30.1 Å². The van der Waals surface area contributed by atoms with Crippen LogP contribution in [0.2, 0.25) is 5.15 Å². The molecule has 3 nitrogen and oxygen atoms in total. The van der Waals surface area contributed by atoms with E-state index < -0.39 is 0 Å². The van der Waals surface area contributed by atoms with E-state index in [1.165, 1.54) is 0 Å². The molecule has 0 bridgehead atoms. The smallest absolute Gasteiger partial charge is 0.287 e. The molecule has 0 spiro atoms. The number of hydrogen-bond acceptors (Lipinski definition) is 1. The monoisotopic (exact) mass is 227 g/mol. The molecule has 1 heterocycles. The second kappa shape index (κ2) is 5.71. The highest BCUT2D eigenvalue weighted by Gasteiger charge is 2.16. The van der Waals surface area contributed by atoms with Gasteiger partial charge >= 0.3 is 0 Å². The maximum Gasteiger partial charge on any atom is 0.287 e. The lowest BCUT2D eigenvalue weighted by atomic mass is 10.2. The largest absolute Gasteiger partial charge is 0.352 e. The summed E-state index contributed by atoms with van der Waals surface area (Å²) in [5.41, 5.74) is 0.526. The van der Waals surface area contributed by atoms with E-state index >= 15 is 0 Å². The molecule has 0 saturated heterocycles. The third-order valence-electron chi connectivity index (χ3n) is 2.16. The molecule has 0 unspecified atom stereocenters. The van der Waals surface area contributed by atoms with Crippen LogP contribution in [0.3, 0.4) is 0 Å². The molecule has 0 atom stereocenters. The molecule has 0 radical (unpaired) electrons. The molecule has 1 aromatic heterocycles. The van der Waals surface area contributed by atoms with Gasteiger partial charge in [-0.15, -0.1) is 0 Å². The number of pyridine rings is 1. The van der Waals surface area contributed by atoms with Crippen LogP contribution in [0.15, 0.2) is 18.3 Å². The van der Waals surface area contributed by atoms with Crippen LogP contribution in [0, 0.1) is 0 Å². The zero-order valence-corrected chi connectivity index (χ0v) is 9.84. The van der Waals surface area contributed by atoms with Gasteiger partial charge < -0.3 is 5.32 Å². The van der Waals surface area contributed by atoms with Crippen molar-refractivity contribution in [3.05, 3.63) is 29.0 Å². The van der Waals surface area contributed by atoms with Gasteiger partial charge in [0.25, 0.3) is 11.1 Å². The second-order valence-corrected chi connectivity index (χ2v) is 3.79. The van der Waals surface area contributed by atoms with Crippen LogP contribution < -0.4 is 9.88 Å². The quantitative estimate of drug-likeness (QED) is 0.474. The highest BCUT2D eigenvalue weighted by Crippen LogP contribution is 2.09. The maximum atomic E-state index is 11.7. The lowest BCUT2D eigenvalue weighted by molar-refractivity contribution is -0.669. The molecule has 4 heteroatoms. The average Bonchev–Trinajstić information content (AvgIpc) is 2.22. The second-order valence-electron chi connectivity index (χ2n) is 3.43. The Hall–Kier alpha value is -1.09. The van der Waals surface area contributed by atoms with E-state index in [0.717, 1.165) is 12.8 Å². The number of carbonyl (C=O) groups is 1. The van der Waals surface area contributed by atoms with Crippen LogP contribution in [-0.4, -0.2) is 12.5 Å². The lowest BCUT2D eigenvalue weighted by Gasteiger charge is -2.03. The number of aromatic nitrogens is 1. The zero-order valence-electron chi connectivity index (χ0n) is 9.09. The molecule has 0 aliphatic heterocycles. The van der Waals surface area contributed by atoms with E-state index in [1.54, 1.807) is 16.7 Å². The molecular weight excluding hydrogens is 212 g/mol. The standard InChI is InChI=1S/C11H15ClN2O/c1-3-4-7-13-11(15)9-6-5-8-14(2)10(9)12/h5-6,8H,3-4,7H2,1-2H3/p+1. The minimum Gasteiger partial charge on any atom is -0.352 e. The molecule has 1 aromatic rings. The normalized spacial score (nSPS) is 10.1. The van der Waals surface area contributed by atoms with Crippen molar-refractivity contribution in [3.8, 4) is 0 Å². The molecular formula is C11H16ClN2O+. The topological polar surface area (TPSA) is 33.0 Å². The minimum absolute atomic E-state index is 0.107. The van der Waals surface area contributed by atoms with E-state index in [4.69, 9.17) is 11.6 Å². The van der Waals surface area contributed by atoms with Gasteiger partial charge in [0, 0.05) is 12.6 Å². The van der Waals surface area contributed by atoms with Gasteiger partial charge in [-0.3, -0.25) is 4.79 Å². The number of nitrogens with one attached hydrogen (secondary N) is 1. The molecule has 0 fully saturated rings. The third-order valence-corrected chi connectivity index (χ3v) is 2.64. The number of hydrogen-bond donors (Lipinski definition) is 1. The predicted octanol–water partition coefficient (Wildman–Crippen LogP) is 1.69. The molecule has 1 amide bonds. The Morgan fingerprint density at radius 1 is 1.60 bits per heavy atom. The fourth-order valence-corrected chi connectivity index (χ4v) is 1.44. The van der Waals surface area contributed by atoms with E-state index in [-0.39, 0.29) is 5.91 Å². The highest BCUT2D eigenvalue weighted by molar-refractivity contribution is 6.31. The molecule has 0 aliphatic carbocycles. The molecule has 82 valence electrons. The number of unbranched alkanes of at least 4 members (excludes halogenated alkanes) is 1. The van der Waals surface area contributed by atoms with Crippen LogP contribution in [0.4, 0.5) is 0 Å². The van der Waals surface area contributed by atoms with Crippen molar-refractivity contribution in [3.63, 3.8) is 0 Å². The van der Waals surface area contributed by atoms with Crippen molar-refractivity contribution in [2.24, 2.45) is 7.05 Å². The summed E-state index contributed by atoms with van der Waals surface area (Å²) in [5.74, 6) is -0.107. The number of aryl methyl sites for hydroxylation is 1. The Balaban J connectivity index is 2.69. The number of nitrogens with zero attached hydrogens (tertiary/aromatic N) is 1. The summed E-state index contributed by atoms with van der Waals surface area (Å²) in [4.78, 5) is 11.7. The van der Waals surface area contributed by atoms with Gasteiger partial charge in [0.2, 0.25) is 0 Å². The number of halogens is 1. The minimum atomic E-state index is -0.107. The number of rotatable bonds is 4. The van der Waals surface area contributed by atoms with Gasteiger partial charge in [-0.1, -0.05) is 13.3 Å². The summed E-state index contributed by atoms with van der Waals surface area (Å²) < 4.78 is 1.72. The summed E-state index contributed by atoms with van der Waals surface area (Å²) >= 11 is 6.00. The van der Waals surface area contributed by atoms with Crippen LogP contribution in [0.5, 0.6) is 0 Å². The molecule has 0 aliphatic rings. The summed E-state index contributed by atoms with van der Waals surface area (Å²) in [6, 6.07) is 3.53. The van der Waals surface area contributed by atoms with E-state index in [9.17, 15) is 4.79 Å². The number of amides is 1. The van der Waals surface area contributed by atoms with Gasteiger partial charge in [0.05, 0.1) is 0 Å². The molecule has 0 aromatic carbocycles. The fourth-order valence-electron chi connectivity index (χ4n) is 1.24. The van der Waals surface area contributed by atoms with Gasteiger partial charge in [-0.25, -0.2) is 0 Å². The summed E-state index contributed by atoms with van der Waals surface area (Å²) in [6.45, 7) is 2.78. The van der Waals surface area contributed by atoms with Crippen LogP contribution >= 0.6 is 11.6 Å². The Kier molecular flexibility index (Phi) is 4.56. The Labute approximate surface area is 95.1 Å². The van der Waals surface area contributed by atoms with Crippen molar-refractivity contribution in [2.45, 2.75) is 19.8 Å². The van der Waals surface area contributed by atoms with Crippen LogP contribution in [0.25, 0.3) is 0 Å². The Morgan fingerprint density at radius 3 is 3.00 bits per heavy atom. The predicted molar refractivity (Wildman–Crippen MR) is 59.9 cm³/mol. The first-order chi connectivity index (χ1) is 7.16. The van der Waals surface area contributed by atoms with Gasteiger partial charge in [-0.2, -0.15) is 4.57 Å². The van der Waals surface area contributed by atoms with E-state index in [0.29, 0.717) is 17.3 Å². The SMILES string of the molecule is CCCCNC(=O)c1ccc[n+](C)c1Cl. The zero-order chi connectivity index (χ0) is 11.3. The molecule has 15 heavy (non-hydrogen) atoms. The first-order valence-electron chi connectivity index (χ1n) is 5.09. The molecule has 1 rings (SSSR count). The van der Waals surface area contributed by atoms with Crippen molar-refractivity contribution >= 4 is 17.5 Å². The van der Waals surface area contributed by atoms with Crippen LogP contribution in [-0.2, 0) is 7.05 Å². The molecule has 1 N–H and O–H groups in total. The van der Waals surface area contributed by atoms with E-state index in [1.807, 2.05) is 13.2 Å². The van der Waals surface area contributed by atoms with Gasteiger partial charge in [0.1, 0.15) is 12.6 Å². The third kappa shape index (κ3) is 3.20. The van der Waals surface area contributed by atoms with Gasteiger partial charge in [-0.05, 0) is 24.1 Å². The maximum absolute atomic E-state index is 11.7. The van der Waals surface area contributed by atoms with Crippen molar-refractivity contribution in [2.75, 3.05) is 6.54 Å². The molecule has 0 saturated carbocycles. The number of carbonyl (C=O) groups excluding carboxylic acids is 1. The fraction of sp³-hybridized carbons (Fsp3) is 0.455. The highest BCUT2D eigenvalue weighted by atomic mass is 35.5. The van der Waals surface area contributed by atoms with Crippen molar-refractivity contribution < 1.29 is 9.36 Å². The summed E-state index contributed by atoms with van der Waals surface area (Å²) in [7, 11) is 1.81. The van der Waals surface area contributed by atoms with Crippen molar-refractivity contribution in [1.29, 1.82) is 0 Å². The summed E-state index contributed by atoms with van der Waals surface area (Å²) in [5, 5.41) is 3.30. The van der Waals surface area contributed by atoms with Crippen molar-refractivity contribution in [1.82, 2.24) is 5.32 Å². The average molecular weight is 228 g/mol. The first kappa shape index (κ1) is 12.0.